The van der Waals surface area contributed by atoms with Crippen LogP contribution in [-0.2, 0) is 25.8 Å². The summed E-state index contributed by atoms with van der Waals surface area (Å²) in [5.41, 5.74) is 0. The predicted octanol–water partition coefficient (Wildman–Crippen LogP) is 5.58. The minimum Gasteiger partial charge on any atom is -0.343 e. The summed E-state index contributed by atoms with van der Waals surface area (Å²) in [5.74, 6) is 0.836. The van der Waals surface area contributed by atoms with E-state index in [2.05, 4.69) is 41.5 Å². The summed E-state index contributed by atoms with van der Waals surface area (Å²) < 4.78 is 0. The van der Waals surface area contributed by atoms with Gasteiger partial charge >= 0.3 is 0 Å². The van der Waals surface area contributed by atoms with Gasteiger partial charge in [0.15, 0.2) is 0 Å². The summed E-state index contributed by atoms with van der Waals surface area (Å²) in [6.07, 6.45) is 5.20. The molecule has 0 aliphatic carbocycles. The van der Waals surface area contributed by atoms with Gasteiger partial charge in [-0.25, -0.2) is 0 Å². The molecule has 96 valence electrons. The Bertz CT molecular complexity index is 101. The maximum atomic E-state index is 3.73. The smallest absolute Gasteiger partial charge is 0.0473 e. The van der Waals surface area contributed by atoms with Crippen LogP contribution in [0.3, 0.4) is 0 Å². The van der Waals surface area contributed by atoms with Crippen molar-refractivity contribution in [1.29, 1.82) is 0 Å². The van der Waals surface area contributed by atoms with Crippen molar-refractivity contribution in [2.24, 2.45) is 5.92 Å². The third-order valence-electron chi connectivity index (χ3n) is 2.67. The van der Waals surface area contributed by atoms with Crippen LogP contribution in [0.25, 0.3) is 0 Å². The van der Waals surface area contributed by atoms with Crippen molar-refractivity contribution in [3.05, 3.63) is 6.92 Å². The number of hydrogen-bond acceptors (Lipinski definition) is 0. The van der Waals surface area contributed by atoms with Crippen molar-refractivity contribution >= 4 is 8.80 Å². The molecule has 0 aromatic rings. The van der Waals surface area contributed by atoms with Crippen LogP contribution in [0.1, 0.15) is 60.3 Å². The summed E-state index contributed by atoms with van der Waals surface area (Å²) in [4.78, 5) is 0. The van der Waals surface area contributed by atoms with Gasteiger partial charge in [0.1, 0.15) is 0 Å². The maximum absolute atomic E-state index is 3.73. The topological polar surface area (TPSA) is 0 Å². The number of rotatable bonds is 7. The minimum absolute atomic E-state index is 0. The van der Waals surface area contributed by atoms with Gasteiger partial charge in [0.25, 0.3) is 0 Å². The summed E-state index contributed by atoms with van der Waals surface area (Å²) in [6, 6.07) is 4.50. The van der Waals surface area contributed by atoms with Crippen molar-refractivity contribution < 1.29 is 25.8 Å². The molecule has 0 spiro atoms. The molecule has 0 aliphatic heterocycles. The van der Waals surface area contributed by atoms with E-state index in [0.717, 1.165) is 12.3 Å². The molecule has 0 saturated carbocycles. The van der Waals surface area contributed by atoms with E-state index in [9.17, 15) is 0 Å². The van der Waals surface area contributed by atoms with Crippen molar-refractivity contribution in [2.75, 3.05) is 0 Å². The van der Waals surface area contributed by atoms with Crippen molar-refractivity contribution in [3.63, 3.8) is 0 Å². The van der Waals surface area contributed by atoms with E-state index in [-0.39, 0.29) is 34.6 Å². The van der Waals surface area contributed by atoms with Gasteiger partial charge in [-0.1, -0.05) is 72.0 Å². The Morgan fingerprint density at radius 3 is 1.75 bits per heavy atom. The SMILES string of the molecule is CCCC[Si](CC)CC.[CH2-]CCC(C)C.[Sc]. The third kappa shape index (κ3) is 20.5. The zero-order valence-corrected chi connectivity index (χ0v) is 15.1. The summed E-state index contributed by atoms with van der Waals surface area (Å²) in [6.45, 7) is 15.1. The maximum Gasteiger partial charge on any atom is 0.0473 e. The normalized spacial score (nSPS) is 9.75. The van der Waals surface area contributed by atoms with Gasteiger partial charge in [-0.2, -0.15) is 6.42 Å². The molecule has 2 radical (unpaired) electrons. The van der Waals surface area contributed by atoms with E-state index in [1.54, 1.807) is 6.04 Å². The third-order valence-corrected chi connectivity index (χ3v) is 5.73. The number of hydrogen-bond donors (Lipinski definition) is 0. The van der Waals surface area contributed by atoms with Crippen molar-refractivity contribution in [3.8, 4) is 0 Å². The molecule has 0 rings (SSSR count). The van der Waals surface area contributed by atoms with E-state index in [0.29, 0.717) is 0 Å². The first-order valence-corrected chi connectivity index (χ1v) is 8.87. The molecule has 0 aliphatic rings. The summed E-state index contributed by atoms with van der Waals surface area (Å²) in [7, 11) is 0.114. The fourth-order valence-corrected chi connectivity index (χ4v) is 3.50. The van der Waals surface area contributed by atoms with Crippen LogP contribution in [0.15, 0.2) is 0 Å². The molecule has 0 N–H and O–H groups in total. The van der Waals surface area contributed by atoms with Crippen LogP contribution in [0.4, 0.5) is 0 Å². The zero-order valence-electron chi connectivity index (χ0n) is 12.3. The minimum atomic E-state index is 0. The van der Waals surface area contributed by atoms with Gasteiger partial charge in [-0.15, -0.1) is 0 Å². The molecule has 0 fully saturated rings. The molecule has 0 heterocycles. The first kappa shape index (κ1) is 22.3. The molecule has 0 nitrogen and oxygen atoms in total. The Hall–Kier alpha value is 1.09. The van der Waals surface area contributed by atoms with Gasteiger partial charge in [-0.05, 0) is 5.92 Å². The second-order valence-corrected chi connectivity index (χ2v) is 8.01. The molecular weight excluding hydrogens is 241 g/mol. The Balaban J connectivity index is -0.000000214. The molecule has 16 heavy (non-hydrogen) atoms. The fraction of sp³-hybridized carbons (Fsp3) is 0.929. The van der Waals surface area contributed by atoms with Gasteiger partial charge in [0, 0.05) is 34.6 Å². The molecule has 0 unspecified atom stereocenters. The molecule has 0 atom stereocenters. The van der Waals surface area contributed by atoms with E-state index >= 15 is 0 Å². The first-order chi connectivity index (χ1) is 7.12. The van der Waals surface area contributed by atoms with Crippen LogP contribution in [0.5, 0.6) is 0 Å². The first-order valence-electron chi connectivity index (χ1n) is 6.74. The average Bonchev–Trinajstić information content (AvgIpc) is 2.20. The molecule has 2 heteroatoms. The molecule has 0 aromatic carbocycles. The summed E-state index contributed by atoms with van der Waals surface area (Å²) >= 11 is 0. The largest absolute Gasteiger partial charge is 0.343 e. The monoisotopic (exact) mass is 273 g/mol. The fourth-order valence-electron chi connectivity index (χ4n) is 1.44. The van der Waals surface area contributed by atoms with Gasteiger partial charge < -0.3 is 6.92 Å². The van der Waals surface area contributed by atoms with Gasteiger partial charge in [0.05, 0.1) is 0 Å². The van der Waals surface area contributed by atoms with E-state index < -0.39 is 0 Å². The quantitative estimate of drug-likeness (QED) is 0.420. The zero-order chi connectivity index (χ0) is 12.1. The van der Waals surface area contributed by atoms with Crippen LogP contribution in [-0.4, -0.2) is 8.80 Å². The van der Waals surface area contributed by atoms with Crippen molar-refractivity contribution in [2.45, 2.75) is 78.4 Å². The molecule has 0 amide bonds. The summed E-state index contributed by atoms with van der Waals surface area (Å²) in [5, 5.41) is 0. The standard InChI is InChI=1S/C8H19Si.C6H13.Sc/c1-4-7-8-9(5-2)6-3;1-4-5-6(2)3;/h4-8H2,1-3H3;6H,1,4-5H2,2-3H3;/q;-1;. The van der Waals surface area contributed by atoms with Crippen LogP contribution < -0.4 is 0 Å². The Kier molecular flexibility index (Phi) is 25.7. The molecule has 0 bridgehead atoms. The Labute approximate surface area is 125 Å². The van der Waals surface area contributed by atoms with Crippen LogP contribution in [0, 0.1) is 12.8 Å². The van der Waals surface area contributed by atoms with Crippen molar-refractivity contribution in [1.82, 2.24) is 0 Å². The van der Waals surface area contributed by atoms with E-state index in [4.69, 9.17) is 0 Å². The molecule has 0 saturated heterocycles. The average molecular weight is 273 g/mol. The molecular formula is C14H32ScSi-. The van der Waals surface area contributed by atoms with Crippen LogP contribution >= 0.6 is 0 Å². The number of unbranched alkanes of at least 4 members (excludes halogenated alkanes) is 1. The Morgan fingerprint density at radius 1 is 1.06 bits per heavy atom. The second kappa shape index (κ2) is 18.5. The van der Waals surface area contributed by atoms with Crippen LogP contribution in [0.2, 0.25) is 18.1 Å². The Morgan fingerprint density at radius 2 is 1.56 bits per heavy atom. The second-order valence-electron chi connectivity index (χ2n) is 4.60. The van der Waals surface area contributed by atoms with Gasteiger partial charge in [-0.3, -0.25) is 0 Å². The molecule has 0 aromatic heterocycles. The van der Waals surface area contributed by atoms with E-state index in [1.807, 2.05) is 0 Å². The predicted molar refractivity (Wildman–Crippen MR) is 75.9 cm³/mol. The van der Waals surface area contributed by atoms with Gasteiger partial charge in [0.2, 0.25) is 0 Å². The van der Waals surface area contributed by atoms with E-state index in [1.165, 1.54) is 31.4 Å².